The Balaban J connectivity index is 0.000000445. The quantitative estimate of drug-likeness (QED) is 0.0268. The molecule has 0 aliphatic rings. The standard InChI is InChI=1S/2C27H38N2.2C15H16O3.3Ni/c2*1-6-11-12-13-27(29-26-17-15-22(8-3)24(10-5)19-26)20-28-25-16-14-21(7-2)23(9-4)18-25;2*1-3-12(16)6-10-4-9(2)5-11-7-14(17)15(18)8-13(10)11;;;/h2*14-20H,6-13H2,1-5H3;2*4-5,7-8,17-18H,3,6H2,1-2H3;;;/q;;;;3*+2/p-4. The van der Waals surface area contributed by atoms with Crippen LogP contribution >= 0.6 is 0 Å². The molecule has 0 aliphatic carbocycles. The van der Waals surface area contributed by atoms with Crippen LogP contribution in [0.2, 0.25) is 0 Å². The predicted octanol–water partition coefficient (Wildman–Crippen LogP) is 19.6. The van der Waals surface area contributed by atoms with E-state index >= 15 is 0 Å². The Hall–Kier alpha value is -7.02. The van der Waals surface area contributed by atoms with E-state index in [1.54, 1.807) is 0 Å². The maximum Gasteiger partial charge on any atom is 2.00 e. The zero-order valence-electron chi connectivity index (χ0n) is 60.0. The normalized spacial score (nSPS) is 11.2. The van der Waals surface area contributed by atoms with E-state index < -0.39 is 23.0 Å². The maximum atomic E-state index is 11.5. The fraction of sp³-hybridized carbons (Fsp3) is 0.405. The van der Waals surface area contributed by atoms with Crippen molar-refractivity contribution in [2.45, 2.75) is 225 Å². The van der Waals surface area contributed by atoms with Crippen LogP contribution in [-0.4, -0.2) is 35.4 Å². The molecule has 13 heteroatoms. The molecule has 10 nitrogen and oxygen atoms in total. The van der Waals surface area contributed by atoms with Gasteiger partial charge in [-0.25, -0.2) is 0 Å². The van der Waals surface area contributed by atoms with Crippen LogP contribution in [0, 0.1) is 13.8 Å². The van der Waals surface area contributed by atoms with Crippen LogP contribution in [0.1, 0.15) is 214 Å². The van der Waals surface area contributed by atoms with Gasteiger partial charge in [-0.2, -0.15) is 0 Å². The number of carbonyl (C=O) groups excluding carboxylic acids is 2. The van der Waals surface area contributed by atoms with Crippen molar-refractivity contribution in [3.63, 3.8) is 0 Å². The number of unbranched alkanes of at least 4 members (excludes halogenated alkanes) is 4. The molecule has 0 fully saturated rings. The fourth-order valence-corrected chi connectivity index (χ4v) is 11.7. The Bertz CT molecular complexity index is 3670. The first-order chi connectivity index (χ1) is 45.3. The number of hydrogen-bond acceptors (Lipinski definition) is 10. The van der Waals surface area contributed by atoms with Crippen molar-refractivity contribution in [1.29, 1.82) is 0 Å². The first-order valence-corrected chi connectivity index (χ1v) is 34.9. The third-order valence-electron chi connectivity index (χ3n) is 17.2. The van der Waals surface area contributed by atoms with Crippen LogP contribution in [0.5, 0.6) is 23.0 Å². The summed E-state index contributed by atoms with van der Waals surface area (Å²) in [5.74, 6) is -1.78. The number of rotatable bonds is 28. The molecule has 0 amide bonds. The molecule has 0 unspecified atom stereocenters. The average Bonchev–Trinajstić information content (AvgIpc) is 0.842. The number of hydrogen-bond donors (Lipinski definition) is 0. The molecule has 0 radical (unpaired) electrons. The summed E-state index contributed by atoms with van der Waals surface area (Å²) in [6.07, 6.45) is 23.2. The average molecular weight is 1440 g/mol. The van der Waals surface area contributed by atoms with Crippen molar-refractivity contribution in [3.8, 4) is 23.0 Å². The van der Waals surface area contributed by atoms with Crippen LogP contribution in [-0.2, 0) is 123 Å². The molecular formula is C84H104N4Ni3O6+2. The Morgan fingerprint density at radius 1 is 0.340 bits per heavy atom. The molecule has 8 aromatic rings. The van der Waals surface area contributed by atoms with Gasteiger partial charge >= 0.3 is 49.5 Å². The van der Waals surface area contributed by atoms with Crippen molar-refractivity contribution in [2.24, 2.45) is 20.0 Å². The van der Waals surface area contributed by atoms with E-state index in [1.807, 2.05) is 64.4 Å². The number of aryl methyl sites for hydroxylation is 10. The van der Waals surface area contributed by atoms with Gasteiger partial charge in [-0.15, -0.1) is 23.0 Å². The zero-order valence-corrected chi connectivity index (χ0v) is 63.0. The summed E-state index contributed by atoms with van der Waals surface area (Å²) in [6.45, 7) is 29.7. The second-order valence-electron chi connectivity index (χ2n) is 24.3. The van der Waals surface area contributed by atoms with E-state index in [2.05, 4.69) is 142 Å². The maximum absolute atomic E-state index is 11.5. The Labute approximate surface area is 611 Å². The van der Waals surface area contributed by atoms with Gasteiger partial charge in [-0.1, -0.05) is 193 Å². The smallest absolute Gasteiger partial charge is 0.873 e. The minimum atomic E-state index is -0.517. The molecule has 0 atom stereocenters. The molecule has 0 N–H and O–H groups in total. The van der Waals surface area contributed by atoms with Gasteiger partial charge in [0, 0.05) is 38.1 Å². The summed E-state index contributed by atoms with van der Waals surface area (Å²) < 4.78 is 0. The molecule has 0 spiro atoms. The van der Waals surface area contributed by atoms with Crippen molar-refractivity contribution in [2.75, 3.05) is 0 Å². The fourth-order valence-electron chi connectivity index (χ4n) is 11.7. The van der Waals surface area contributed by atoms with Gasteiger partial charge in [0.05, 0.1) is 34.2 Å². The third kappa shape index (κ3) is 27.3. The van der Waals surface area contributed by atoms with E-state index in [1.165, 1.54) is 94.5 Å². The van der Waals surface area contributed by atoms with Gasteiger partial charge in [0.25, 0.3) is 0 Å². The number of Topliss-reactive ketones (excluding diaryl/α,β-unsaturated/α-hetero) is 2. The van der Waals surface area contributed by atoms with Crippen LogP contribution in [0.3, 0.4) is 0 Å². The van der Waals surface area contributed by atoms with Crippen LogP contribution < -0.4 is 20.4 Å². The monoisotopic (exact) mass is 1440 g/mol. The Kier molecular flexibility index (Phi) is 40.4. The van der Waals surface area contributed by atoms with E-state index in [4.69, 9.17) is 20.0 Å². The van der Waals surface area contributed by atoms with Gasteiger partial charge < -0.3 is 20.4 Å². The number of carbonyl (C=O) groups is 2. The van der Waals surface area contributed by atoms with Crippen LogP contribution in [0.4, 0.5) is 22.7 Å². The largest absolute Gasteiger partial charge is 2.00 e. The van der Waals surface area contributed by atoms with Gasteiger partial charge in [0.1, 0.15) is 11.6 Å². The summed E-state index contributed by atoms with van der Waals surface area (Å²) in [7, 11) is 0. The van der Waals surface area contributed by atoms with E-state index in [0.29, 0.717) is 36.5 Å². The van der Waals surface area contributed by atoms with Crippen molar-refractivity contribution in [3.05, 3.63) is 188 Å². The van der Waals surface area contributed by atoms with E-state index in [-0.39, 0.29) is 61.0 Å². The number of ketones is 2. The molecule has 524 valence electrons. The molecule has 97 heavy (non-hydrogen) atoms. The predicted molar refractivity (Wildman–Crippen MR) is 393 cm³/mol. The Morgan fingerprint density at radius 2 is 0.629 bits per heavy atom. The first-order valence-electron chi connectivity index (χ1n) is 34.9. The summed E-state index contributed by atoms with van der Waals surface area (Å²) in [6, 6.07) is 39.3. The molecule has 0 bridgehead atoms. The molecule has 0 heterocycles. The third-order valence-corrected chi connectivity index (χ3v) is 17.2. The molecule has 0 aromatic heterocycles. The molecule has 8 aromatic carbocycles. The molecule has 0 saturated carbocycles. The topological polar surface area (TPSA) is 176 Å². The minimum Gasteiger partial charge on any atom is -0.873 e. The second kappa shape index (κ2) is 45.5. The van der Waals surface area contributed by atoms with Gasteiger partial charge in [-0.3, -0.25) is 29.6 Å². The minimum absolute atomic E-state index is 0. The first kappa shape index (κ1) is 86.1. The van der Waals surface area contributed by atoms with Crippen molar-refractivity contribution >= 4 is 79.7 Å². The summed E-state index contributed by atoms with van der Waals surface area (Å²) >= 11 is 0. The number of nitrogens with zero attached hydrogens (tertiary/aromatic N) is 4. The zero-order chi connectivity index (χ0) is 68.7. The van der Waals surface area contributed by atoms with E-state index in [0.717, 1.165) is 144 Å². The second-order valence-corrected chi connectivity index (χ2v) is 24.3. The summed E-state index contributed by atoms with van der Waals surface area (Å²) in [4.78, 5) is 42.6. The SMILES string of the molecule is CCC(=O)Cc1cc(C)cc2cc([O-])c([O-])cc12.CCC(=O)Cc1cc(C)cc2cc([O-])c([O-])cc12.CCCCCC(C=Nc1ccc(CC)c(CC)c1)=Nc1ccc(CC)c(CC)c1.CCCCCC(C=Nc1ccc(CC)c(CC)c1)=Nc1ccc(CC)c(CC)c1.[Ni+2].[Ni+2].[Ni+2]. The van der Waals surface area contributed by atoms with Gasteiger partial charge in [0.15, 0.2) is 0 Å². The molecule has 0 aliphatic heterocycles. The molecule has 8 rings (SSSR count). The number of aliphatic imine (C=N–C) groups is 4. The summed E-state index contributed by atoms with van der Waals surface area (Å²) in [5.41, 5.74) is 21.2. The van der Waals surface area contributed by atoms with Gasteiger partial charge in [-0.05, 0) is 217 Å². The van der Waals surface area contributed by atoms with Crippen LogP contribution in [0.25, 0.3) is 21.5 Å². The van der Waals surface area contributed by atoms with Crippen LogP contribution in [0.15, 0.2) is 141 Å². The summed E-state index contributed by atoms with van der Waals surface area (Å²) in [5, 5.41) is 48.5. The van der Waals surface area contributed by atoms with Crippen molar-refractivity contribution in [1.82, 2.24) is 0 Å². The van der Waals surface area contributed by atoms with E-state index in [9.17, 15) is 30.0 Å². The number of benzene rings is 8. The van der Waals surface area contributed by atoms with Gasteiger partial charge in [0.2, 0.25) is 0 Å². The molecular weight excluding hydrogens is 1340 g/mol. The Morgan fingerprint density at radius 3 is 0.918 bits per heavy atom. The number of fused-ring (bicyclic) bond motifs is 2. The molecule has 0 saturated heterocycles. The van der Waals surface area contributed by atoms with Crippen molar-refractivity contribution < 1.29 is 79.5 Å².